The summed E-state index contributed by atoms with van der Waals surface area (Å²) < 4.78 is 32.7. The van der Waals surface area contributed by atoms with Gasteiger partial charge in [-0.05, 0) is 57.3 Å². The minimum atomic E-state index is -4.64. The van der Waals surface area contributed by atoms with E-state index in [9.17, 15) is 29.3 Å². The fourth-order valence-corrected chi connectivity index (χ4v) is 6.94. The number of rotatable bonds is 42. The van der Waals surface area contributed by atoms with Crippen molar-refractivity contribution in [3.05, 3.63) is 48.6 Å². The van der Waals surface area contributed by atoms with E-state index in [1.54, 1.807) is 0 Å². The molecule has 0 saturated heterocycles. The zero-order valence-electron chi connectivity index (χ0n) is 37.2. The quantitative estimate of drug-likeness (QED) is 0.0199. The van der Waals surface area contributed by atoms with Crippen LogP contribution >= 0.6 is 7.82 Å². The molecule has 0 aliphatic heterocycles. The molecule has 5 atom stereocenters. The van der Waals surface area contributed by atoms with Crippen LogP contribution < -0.4 is 0 Å². The summed E-state index contributed by atoms with van der Waals surface area (Å²) in [5.74, 6) is -0.138. The van der Waals surface area contributed by atoms with Crippen LogP contribution in [0.5, 0.6) is 0 Å². The van der Waals surface area contributed by atoms with E-state index < -0.39 is 51.8 Å². The Morgan fingerprint density at radius 2 is 1.08 bits per heavy atom. The van der Waals surface area contributed by atoms with Crippen LogP contribution in [-0.2, 0) is 32.7 Å². The Hall–Kier alpha value is -2.11. The van der Waals surface area contributed by atoms with Gasteiger partial charge < -0.3 is 29.7 Å². The zero-order valence-corrected chi connectivity index (χ0v) is 38.1. The predicted octanol–water partition coefficient (Wildman–Crippen LogP) is 11.3. The van der Waals surface area contributed by atoms with Gasteiger partial charge in [0.05, 0.1) is 25.9 Å². The molecule has 0 aromatic rings. The fourth-order valence-electron chi connectivity index (χ4n) is 6.15. The smallest absolute Gasteiger partial charge is 0.462 e. The lowest BCUT2D eigenvalue weighted by Gasteiger charge is -2.20. The van der Waals surface area contributed by atoms with Crippen molar-refractivity contribution in [3.8, 4) is 0 Å². The second-order valence-corrected chi connectivity index (χ2v) is 17.3. The molecule has 0 saturated carbocycles. The summed E-state index contributed by atoms with van der Waals surface area (Å²) >= 11 is 0. The zero-order chi connectivity index (χ0) is 43.7. The Kier molecular flexibility index (Phi) is 39.8. The van der Waals surface area contributed by atoms with Crippen LogP contribution in [0.2, 0.25) is 0 Å². The average Bonchev–Trinajstić information content (AvgIpc) is 3.22. The second kappa shape index (κ2) is 41.3. The molecule has 59 heavy (non-hydrogen) atoms. The molecule has 11 nitrogen and oxygen atoms in total. The van der Waals surface area contributed by atoms with Crippen molar-refractivity contribution >= 4 is 19.8 Å². The summed E-state index contributed by atoms with van der Waals surface area (Å²) in [4.78, 5) is 35.0. The van der Waals surface area contributed by atoms with Crippen LogP contribution in [0.15, 0.2) is 48.6 Å². The molecule has 0 aromatic carbocycles. The number of aliphatic hydroxyl groups is 3. The lowest BCUT2D eigenvalue weighted by molar-refractivity contribution is -0.161. The van der Waals surface area contributed by atoms with E-state index in [2.05, 4.69) is 55.7 Å². The minimum absolute atomic E-state index is 0.0934. The summed E-state index contributed by atoms with van der Waals surface area (Å²) in [5.41, 5.74) is 0. The molecule has 3 unspecified atom stereocenters. The molecule has 0 aliphatic carbocycles. The van der Waals surface area contributed by atoms with E-state index >= 15 is 0 Å². The van der Waals surface area contributed by atoms with Gasteiger partial charge in [0.15, 0.2) is 6.10 Å². The van der Waals surface area contributed by atoms with Crippen molar-refractivity contribution in [2.75, 3.05) is 26.4 Å². The second-order valence-electron chi connectivity index (χ2n) is 15.9. The Morgan fingerprint density at radius 1 is 0.593 bits per heavy atom. The number of ether oxygens (including phenoxy) is 2. The molecule has 0 spiro atoms. The normalized spacial score (nSPS) is 15.3. The number of esters is 2. The molecule has 344 valence electrons. The van der Waals surface area contributed by atoms with Gasteiger partial charge >= 0.3 is 19.8 Å². The Balaban J connectivity index is 4.36. The third kappa shape index (κ3) is 41.0. The van der Waals surface area contributed by atoms with E-state index in [0.29, 0.717) is 25.7 Å². The van der Waals surface area contributed by atoms with Gasteiger partial charge in [0.25, 0.3) is 0 Å². The first-order chi connectivity index (χ1) is 28.5. The summed E-state index contributed by atoms with van der Waals surface area (Å²) in [5, 5.41) is 28.1. The number of aliphatic hydroxyl groups excluding tert-OH is 3. The highest BCUT2D eigenvalue weighted by molar-refractivity contribution is 7.47. The molecular formula is C47H85O11P. The van der Waals surface area contributed by atoms with Crippen molar-refractivity contribution in [2.24, 2.45) is 5.92 Å². The van der Waals surface area contributed by atoms with Crippen molar-refractivity contribution in [2.45, 2.75) is 206 Å². The number of carbonyl (C=O) groups is 2. The third-order valence-electron chi connectivity index (χ3n) is 10.1. The van der Waals surface area contributed by atoms with E-state index in [1.807, 2.05) is 18.2 Å². The summed E-state index contributed by atoms with van der Waals surface area (Å²) in [7, 11) is -4.64. The number of allylic oxidation sites excluding steroid dienone is 7. The molecule has 0 bridgehead atoms. The van der Waals surface area contributed by atoms with Crippen molar-refractivity contribution in [3.63, 3.8) is 0 Å². The first-order valence-electron chi connectivity index (χ1n) is 23.1. The molecule has 0 fully saturated rings. The number of hydrogen-bond acceptors (Lipinski definition) is 10. The monoisotopic (exact) mass is 857 g/mol. The van der Waals surface area contributed by atoms with Gasteiger partial charge in [-0.3, -0.25) is 18.6 Å². The highest BCUT2D eigenvalue weighted by Gasteiger charge is 2.27. The topological polar surface area (TPSA) is 169 Å². The van der Waals surface area contributed by atoms with Gasteiger partial charge in [0.1, 0.15) is 12.7 Å². The van der Waals surface area contributed by atoms with Crippen LogP contribution in [0.3, 0.4) is 0 Å². The lowest BCUT2D eigenvalue weighted by atomic mass is 9.99. The van der Waals surface area contributed by atoms with Gasteiger partial charge in [-0.1, -0.05) is 172 Å². The van der Waals surface area contributed by atoms with Crippen molar-refractivity contribution in [1.82, 2.24) is 0 Å². The molecule has 0 radical (unpaired) electrons. The number of carbonyl (C=O) groups excluding carboxylic acids is 2. The summed E-state index contributed by atoms with van der Waals surface area (Å²) in [6.45, 7) is 4.49. The molecule has 0 amide bonds. The average molecular weight is 857 g/mol. The van der Waals surface area contributed by atoms with Gasteiger partial charge in [0, 0.05) is 12.8 Å². The highest BCUT2D eigenvalue weighted by atomic mass is 31.2. The lowest BCUT2D eigenvalue weighted by Crippen LogP contribution is -2.29. The van der Waals surface area contributed by atoms with Crippen LogP contribution in [-0.4, -0.2) is 76.9 Å². The minimum Gasteiger partial charge on any atom is -0.462 e. The third-order valence-corrected chi connectivity index (χ3v) is 11.0. The van der Waals surface area contributed by atoms with E-state index in [4.69, 9.17) is 19.1 Å². The summed E-state index contributed by atoms with van der Waals surface area (Å²) in [6, 6.07) is 0. The Labute approximate surface area is 358 Å². The number of phosphoric acid groups is 1. The predicted molar refractivity (Wildman–Crippen MR) is 239 cm³/mol. The Bertz CT molecular complexity index is 1150. The fraction of sp³-hybridized carbons (Fsp3) is 0.787. The van der Waals surface area contributed by atoms with Gasteiger partial charge in [-0.2, -0.15) is 0 Å². The standard InChI is InChI=1S/C47H85O11P/c1-4-33-43(49)35-30-26-22-18-14-10-8-12-16-20-24-28-32-37-47(52)58-45(41-57-59(53,54)56-39-44(50)38-48)40-55-46(51)36-31-27-23-19-15-11-7-6-9-13-17-21-25-29-34-42(3)5-2/h8,12,14,18,20,24,26,30,42-45,48-50H,4-7,9-11,13,15-17,19,21-23,25,27-29,31-41H2,1-3H3,(H,53,54)/b12-8-,18-14-,24-20-,30-26-/t42?,43?,44-,45+/m0/s1. The number of unbranched alkanes of at least 4 members (excludes halogenated alkanes) is 14. The molecule has 0 aromatic heterocycles. The van der Waals surface area contributed by atoms with E-state index in [0.717, 1.165) is 57.3 Å². The van der Waals surface area contributed by atoms with Crippen LogP contribution in [0, 0.1) is 5.92 Å². The first kappa shape index (κ1) is 56.9. The van der Waals surface area contributed by atoms with Gasteiger partial charge in [-0.15, -0.1) is 0 Å². The maximum Gasteiger partial charge on any atom is 0.472 e. The molecule has 0 heterocycles. The van der Waals surface area contributed by atoms with E-state index in [-0.39, 0.29) is 25.6 Å². The number of phosphoric ester groups is 1. The highest BCUT2D eigenvalue weighted by Crippen LogP contribution is 2.43. The summed E-state index contributed by atoms with van der Waals surface area (Å²) in [6.07, 6.45) is 40.0. The number of hydrogen-bond donors (Lipinski definition) is 4. The molecule has 0 rings (SSSR count). The maximum atomic E-state index is 12.6. The van der Waals surface area contributed by atoms with Crippen LogP contribution in [0.25, 0.3) is 0 Å². The molecular weight excluding hydrogens is 771 g/mol. The van der Waals surface area contributed by atoms with Crippen molar-refractivity contribution < 1.29 is 52.9 Å². The van der Waals surface area contributed by atoms with Crippen LogP contribution in [0.4, 0.5) is 0 Å². The molecule has 12 heteroatoms. The Morgan fingerprint density at radius 3 is 1.63 bits per heavy atom. The van der Waals surface area contributed by atoms with Crippen molar-refractivity contribution in [1.29, 1.82) is 0 Å². The van der Waals surface area contributed by atoms with Gasteiger partial charge in [-0.25, -0.2) is 4.57 Å². The van der Waals surface area contributed by atoms with Crippen LogP contribution in [0.1, 0.15) is 188 Å². The largest absolute Gasteiger partial charge is 0.472 e. The maximum absolute atomic E-state index is 12.6. The van der Waals surface area contributed by atoms with Gasteiger partial charge in [0.2, 0.25) is 0 Å². The molecule has 4 N–H and O–H groups in total. The SMILES string of the molecule is CCCC(O)C/C=C\C/C=C\C/C=C\C/C=C\CCCC(=O)O[C@H](COC(=O)CCCCCCCCCCCCCCCCC(C)CC)COP(=O)(O)OC[C@@H](O)CO. The molecule has 0 aliphatic rings. The van der Waals surface area contributed by atoms with E-state index in [1.165, 1.54) is 77.0 Å². The first-order valence-corrected chi connectivity index (χ1v) is 24.6.